The molecule has 0 bridgehead atoms. The average Bonchev–Trinajstić information content (AvgIpc) is 3.13. The smallest absolute Gasteiger partial charge is 0.252 e. The quantitative estimate of drug-likeness (QED) is 0.404. The number of nitrogens with one attached hydrogen (secondary N) is 2. The molecule has 0 fully saturated rings. The Labute approximate surface area is 195 Å². The molecule has 4 rings (SSSR count). The van der Waals surface area contributed by atoms with Crippen molar-refractivity contribution in [2.24, 2.45) is 0 Å². The van der Waals surface area contributed by atoms with E-state index in [9.17, 15) is 9.59 Å². The third-order valence-corrected chi connectivity index (χ3v) is 5.50. The maximum Gasteiger partial charge on any atom is 0.252 e. The number of fused-ring (bicyclic) bond motifs is 1. The number of rotatable bonds is 7. The van der Waals surface area contributed by atoms with Gasteiger partial charge in [-0.05, 0) is 48.5 Å². The van der Waals surface area contributed by atoms with E-state index < -0.39 is 0 Å². The molecule has 8 heteroatoms. The molecule has 6 nitrogen and oxygen atoms in total. The van der Waals surface area contributed by atoms with E-state index in [1.807, 2.05) is 28.8 Å². The first-order valence-electron chi connectivity index (χ1n) is 10.0. The van der Waals surface area contributed by atoms with Gasteiger partial charge in [-0.1, -0.05) is 47.5 Å². The van der Waals surface area contributed by atoms with E-state index >= 15 is 0 Å². The lowest BCUT2D eigenvalue weighted by Crippen LogP contribution is -2.27. The van der Waals surface area contributed by atoms with Gasteiger partial charge in [0, 0.05) is 23.7 Å². The third kappa shape index (κ3) is 5.10. The molecule has 0 saturated heterocycles. The number of imidazole rings is 1. The van der Waals surface area contributed by atoms with E-state index in [2.05, 4.69) is 15.6 Å². The lowest BCUT2D eigenvalue weighted by atomic mass is 10.2. The second kappa shape index (κ2) is 9.85. The molecule has 2 amide bonds. The molecular formula is C24H20Cl2N4O2. The Kier molecular flexibility index (Phi) is 6.73. The second-order valence-corrected chi connectivity index (χ2v) is 7.99. The molecule has 1 aromatic heterocycles. The highest BCUT2D eigenvalue weighted by Crippen LogP contribution is 2.18. The first kappa shape index (κ1) is 21.9. The molecule has 2 N–H and O–H groups in total. The highest BCUT2D eigenvalue weighted by atomic mass is 35.5. The topological polar surface area (TPSA) is 76.0 Å². The number of carbonyl (C=O) groups excluding carboxylic acids is 2. The second-order valence-electron chi connectivity index (χ2n) is 7.14. The van der Waals surface area contributed by atoms with Gasteiger partial charge in [0.2, 0.25) is 5.91 Å². The van der Waals surface area contributed by atoms with Crippen LogP contribution in [0.2, 0.25) is 10.0 Å². The van der Waals surface area contributed by atoms with Crippen molar-refractivity contribution >= 4 is 51.7 Å². The molecule has 0 atom stereocenters. The van der Waals surface area contributed by atoms with E-state index in [1.165, 1.54) is 0 Å². The molecule has 1 heterocycles. The minimum Gasteiger partial charge on any atom is -0.352 e. The lowest BCUT2D eigenvalue weighted by molar-refractivity contribution is -0.116. The summed E-state index contributed by atoms with van der Waals surface area (Å²) in [4.78, 5) is 29.8. The molecule has 0 aliphatic carbocycles. The molecule has 0 radical (unpaired) electrons. The van der Waals surface area contributed by atoms with Gasteiger partial charge in [0.15, 0.2) is 0 Å². The summed E-state index contributed by atoms with van der Waals surface area (Å²) in [7, 11) is 0. The summed E-state index contributed by atoms with van der Waals surface area (Å²) in [5.74, 6) is 0.271. The summed E-state index contributed by atoms with van der Waals surface area (Å²) >= 11 is 12.0. The van der Waals surface area contributed by atoms with E-state index in [4.69, 9.17) is 23.2 Å². The van der Waals surface area contributed by atoms with Gasteiger partial charge in [0.1, 0.15) is 12.4 Å². The summed E-state index contributed by atoms with van der Waals surface area (Å²) in [6.07, 6.45) is 0.457. The molecule has 4 aromatic rings. The number of nitrogens with zero attached hydrogens (tertiary/aromatic N) is 2. The van der Waals surface area contributed by atoms with Crippen LogP contribution >= 0.6 is 23.2 Å². The minimum absolute atomic E-state index is 0.0942. The van der Waals surface area contributed by atoms with Gasteiger partial charge in [-0.15, -0.1) is 0 Å². The number of carbonyl (C=O) groups is 2. The number of amides is 2. The number of aromatic nitrogens is 2. The summed E-state index contributed by atoms with van der Waals surface area (Å²) in [5, 5.41) is 6.74. The normalized spacial score (nSPS) is 10.8. The van der Waals surface area contributed by atoms with Crippen molar-refractivity contribution in [3.63, 3.8) is 0 Å². The fourth-order valence-corrected chi connectivity index (χ4v) is 3.75. The largest absolute Gasteiger partial charge is 0.352 e. The first-order chi connectivity index (χ1) is 15.5. The van der Waals surface area contributed by atoms with Crippen LogP contribution in [0.3, 0.4) is 0 Å². The van der Waals surface area contributed by atoms with Gasteiger partial charge in [-0.2, -0.15) is 0 Å². The van der Waals surface area contributed by atoms with Crippen LogP contribution in [-0.4, -0.2) is 27.9 Å². The minimum atomic E-state index is -0.251. The SMILES string of the molecule is O=C(Cn1c(CCNC(=O)c2ccccc2Cl)nc2ccccc21)Nc1ccc(Cl)cc1. The number of hydrogen-bond acceptors (Lipinski definition) is 3. The predicted octanol–water partition coefficient (Wildman–Crippen LogP) is 4.95. The van der Waals surface area contributed by atoms with Crippen LogP contribution < -0.4 is 10.6 Å². The molecule has 3 aromatic carbocycles. The molecule has 162 valence electrons. The molecule has 0 spiro atoms. The Hall–Kier alpha value is -3.35. The van der Waals surface area contributed by atoms with Crippen LogP contribution in [0.15, 0.2) is 72.8 Å². The number of hydrogen-bond donors (Lipinski definition) is 2. The van der Waals surface area contributed by atoms with Crippen LogP contribution in [0, 0.1) is 0 Å². The predicted molar refractivity (Wildman–Crippen MR) is 127 cm³/mol. The molecule has 0 saturated carbocycles. The number of anilines is 1. The van der Waals surface area contributed by atoms with Crippen LogP contribution in [-0.2, 0) is 17.8 Å². The fraction of sp³-hybridized carbons (Fsp3) is 0.125. The standard InChI is InChI=1S/C24H20Cl2N4O2/c25-16-9-11-17(12-10-16)28-23(31)15-30-21-8-4-3-7-20(21)29-22(30)13-14-27-24(32)18-5-1-2-6-19(18)26/h1-12H,13-15H2,(H,27,32)(H,28,31). The Morgan fingerprint density at radius 2 is 1.62 bits per heavy atom. The molecule has 32 heavy (non-hydrogen) atoms. The van der Waals surface area contributed by atoms with Gasteiger partial charge in [-0.3, -0.25) is 9.59 Å². The molecule has 0 aliphatic heterocycles. The fourth-order valence-electron chi connectivity index (χ4n) is 3.40. The summed E-state index contributed by atoms with van der Waals surface area (Å²) < 4.78 is 1.86. The van der Waals surface area contributed by atoms with Gasteiger partial charge >= 0.3 is 0 Å². The highest BCUT2D eigenvalue weighted by molar-refractivity contribution is 6.33. The summed E-state index contributed by atoms with van der Waals surface area (Å²) in [6, 6.07) is 21.4. The maximum atomic E-state index is 12.7. The van der Waals surface area contributed by atoms with Crippen molar-refractivity contribution < 1.29 is 9.59 Å². The average molecular weight is 467 g/mol. The van der Waals surface area contributed by atoms with Crippen LogP contribution in [0.5, 0.6) is 0 Å². The van der Waals surface area contributed by atoms with Crippen LogP contribution in [0.4, 0.5) is 5.69 Å². The summed E-state index contributed by atoms with van der Waals surface area (Å²) in [6.45, 7) is 0.448. The third-order valence-electron chi connectivity index (χ3n) is 4.92. The van der Waals surface area contributed by atoms with Gasteiger partial charge in [0.25, 0.3) is 5.91 Å². The van der Waals surface area contributed by atoms with Gasteiger partial charge < -0.3 is 15.2 Å². The van der Waals surface area contributed by atoms with Gasteiger partial charge in [0.05, 0.1) is 21.6 Å². The van der Waals surface area contributed by atoms with E-state index in [0.717, 1.165) is 11.0 Å². The zero-order valence-corrected chi connectivity index (χ0v) is 18.5. The van der Waals surface area contributed by atoms with Gasteiger partial charge in [-0.25, -0.2) is 4.98 Å². The van der Waals surface area contributed by atoms with E-state index in [-0.39, 0.29) is 18.4 Å². The van der Waals surface area contributed by atoms with Crippen molar-refractivity contribution in [2.75, 3.05) is 11.9 Å². The monoisotopic (exact) mass is 466 g/mol. The molecule has 0 unspecified atom stereocenters. The maximum absolute atomic E-state index is 12.7. The number of para-hydroxylation sites is 2. The lowest BCUT2D eigenvalue weighted by Gasteiger charge is -2.11. The Balaban J connectivity index is 1.47. The van der Waals surface area contributed by atoms with Crippen molar-refractivity contribution in [3.05, 3.63) is 94.2 Å². The van der Waals surface area contributed by atoms with Crippen LogP contribution in [0.1, 0.15) is 16.2 Å². The summed E-state index contributed by atoms with van der Waals surface area (Å²) in [5.41, 5.74) is 2.73. The first-order valence-corrected chi connectivity index (χ1v) is 10.8. The van der Waals surface area contributed by atoms with Crippen molar-refractivity contribution in [2.45, 2.75) is 13.0 Å². The van der Waals surface area contributed by atoms with Crippen molar-refractivity contribution in [1.82, 2.24) is 14.9 Å². The van der Waals surface area contributed by atoms with E-state index in [1.54, 1.807) is 48.5 Å². The Morgan fingerprint density at radius 3 is 2.41 bits per heavy atom. The molecular weight excluding hydrogens is 447 g/mol. The highest BCUT2D eigenvalue weighted by Gasteiger charge is 2.15. The number of halogens is 2. The Bertz CT molecular complexity index is 1270. The molecule has 0 aliphatic rings. The van der Waals surface area contributed by atoms with Crippen molar-refractivity contribution in [3.8, 4) is 0 Å². The zero-order valence-electron chi connectivity index (χ0n) is 17.0. The Morgan fingerprint density at radius 1 is 0.906 bits per heavy atom. The van der Waals surface area contributed by atoms with E-state index in [0.29, 0.717) is 40.1 Å². The van der Waals surface area contributed by atoms with Crippen molar-refractivity contribution in [1.29, 1.82) is 0 Å². The zero-order chi connectivity index (χ0) is 22.5. The number of benzene rings is 3. The van der Waals surface area contributed by atoms with Crippen LogP contribution in [0.25, 0.3) is 11.0 Å².